The Morgan fingerprint density at radius 2 is 1.46 bits per heavy atom. The van der Waals surface area contributed by atoms with E-state index in [9.17, 15) is 9.59 Å². The normalized spacial score (nSPS) is 11.5. The lowest BCUT2D eigenvalue weighted by Gasteiger charge is -2.13. The molecule has 1 N–H and O–H groups in total. The SMILES string of the molecule is C[C@H](CC(=O)OCC(=O)Nc1ccccc1-c1ccccc1)c1ccccc1. The maximum Gasteiger partial charge on any atom is 0.306 e. The maximum absolute atomic E-state index is 12.3. The second-order valence-electron chi connectivity index (χ2n) is 6.64. The minimum absolute atomic E-state index is 0.0376. The first-order valence-corrected chi connectivity index (χ1v) is 9.28. The van der Waals surface area contributed by atoms with Gasteiger partial charge in [-0.3, -0.25) is 9.59 Å². The number of para-hydroxylation sites is 1. The van der Waals surface area contributed by atoms with Crippen LogP contribution in [0.3, 0.4) is 0 Å². The molecule has 0 aliphatic rings. The van der Waals surface area contributed by atoms with E-state index in [0.29, 0.717) is 5.69 Å². The number of anilines is 1. The van der Waals surface area contributed by atoms with Crippen LogP contribution in [0.25, 0.3) is 11.1 Å². The summed E-state index contributed by atoms with van der Waals surface area (Å²) in [5, 5.41) is 2.83. The molecule has 0 aromatic heterocycles. The molecule has 3 rings (SSSR count). The molecule has 0 heterocycles. The number of hydrogen-bond donors (Lipinski definition) is 1. The van der Waals surface area contributed by atoms with E-state index in [2.05, 4.69) is 5.32 Å². The van der Waals surface area contributed by atoms with Crippen LogP contribution in [0.1, 0.15) is 24.8 Å². The molecule has 0 spiro atoms. The van der Waals surface area contributed by atoms with Crippen LogP contribution in [-0.2, 0) is 14.3 Å². The summed E-state index contributed by atoms with van der Waals surface area (Å²) in [6.45, 7) is 1.66. The van der Waals surface area contributed by atoms with Crippen LogP contribution >= 0.6 is 0 Å². The van der Waals surface area contributed by atoms with Gasteiger partial charge in [0.05, 0.1) is 6.42 Å². The van der Waals surface area contributed by atoms with Crippen molar-refractivity contribution in [2.45, 2.75) is 19.3 Å². The predicted molar refractivity (Wildman–Crippen MR) is 111 cm³/mol. The summed E-state index contributed by atoms with van der Waals surface area (Å²) in [7, 11) is 0. The number of amides is 1. The molecule has 3 aromatic carbocycles. The number of carbonyl (C=O) groups is 2. The fraction of sp³-hybridized carbons (Fsp3) is 0.167. The standard InChI is InChI=1S/C24H23NO3/c1-18(19-10-4-2-5-11-19)16-24(27)28-17-23(26)25-22-15-9-8-14-21(22)20-12-6-3-7-13-20/h2-15,18H,16-17H2,1H3,(H,25,26)/t18-/m1/s1. The first kappa shape index (κ1) is 19.4. The summed E-state index contributed by atoms with van der Waals surface area (Å²) in [5.74, 6) is -0.706. The highest BCUT2D eigenvalue weighted by molar-refractivity contribution is 5.96. The Labute approximate surface area is 165 Å². The van der Waals surface area contributed by atoms with E-state index >= 15 is 0 Å². The van der Waals surface area contributed by atoms with Gasteiger partial charge in [0.25, 0.3) is 5.91 Å². The van der Waals surface area contributed by atoms with Gasteiger partial charge in [0.2, 0.25) is 0 Å². The topological polar surface area (TPSA) is 55.4 Å². The van der Waals surface area contributed by atoms with Crippen molar-refractivity contribution in [1.82, 2.24) is 0 Å². The molecule has 0 saturated heterocycles. The molecule has 0 unspecified atom stereocenters. The van der Waals surface area contributed by atoms with Crippen molar-refractivity contribution in [2.24, 2.45) is 0 Å². The van der Waals surface area contributed by atoms with E-state index in [1.165, 1.54) is 0 Å². The lowest BCUT2D eigenvalue weighted by molar-refractivity contribution is -0.147. The van der Waals surface area contributed by atoms with Gasteiger partial charge in [0.1, 0.15) is 0 Å². The molecular weight excluding hydrogens is 350 g/mol. The highest BCUT2D eigenvalue weighted by Crippen LogP contribution is 2.27. The summed E-state index contributed by atoms with van der Waals surface area (Å²) in [4.78, 5) is 24.3. The number of benzene rings is 3. The maximum atomic E-state index is 12.3. The zero-order valence-corrected chi connectivity index (χ0v) is 15.8. The average molecular weight is 373 g/mol. The Balaban J connectivity index is 1.54. The molecule has 1 atom stereocenters. The second kappa shape index (κ2) is 9.51. The zero-order valence-electron chi connectivity index (χ0n) is 15.8. The largest absolute Gasteiger partial charge is 0.456 e. The molecule has 0 saturated carbocycles. The summed E-state index contributed by atoms with van der Waals surface area (Å²) < 4.78 is 5.16. The van der Waals surface area contributed by atoms with Crippen molar-refractivity contribution in [3.05, 3.63) is 90.5 Å². The van der Waals surface area contributed by atoms with Gasteiger partial charge in [-0.1, -0.05) is 85.8 Å². The fourth-order valence-electron chi connectivity index (χ4n) is 3.00. The fourth-order valence-corrected chi connectivity index (χ4v) is 3.00. The van der Waals surface area contributed by atoms with Crippen LogP contribution in [0.15, 0.2) is 84.9 Å². The van der Waals surface area contributed by atoms with Gasteiger partial charge < -0.3 is 10.1 Å². The van der Waals surface area contributed by atoms with E-state index in [0.717, 1.165) is 16.7 Å². The first-order valence-electron chi connectivity index (χ1n) is 9.28. The van der Waals surface area contributed by atoms with Crippen LogP contribution in [0.2, 0.25) is 0 Å². The summed E-state index contributed by atoms with van der Waals surface area (Å²) >= 11 is 0. The number of hydrogen-bond acceptors (Lipinski definition) is 3. The van der Waals surface area contributed by atoms with E-state index in [-0.39, 0.29) is 30.8 Å². The van der Waals surface area contributed by atoms with Crippen molar-refractivity contribution in [3.63, 3.8) is 0 Å². The van der Waals surface area contributed by atoms with Gasteiger partial charge in [0.15, 0.2) is 6.61 Å². The molecule has 1 amide bonds. The Morgan fingerprint density at radius 3 is 2.18 bits per heavy atom. The number of esters is 1. The lowest BCUT2D eigenvalue weighted by atomic mass is 9.98. The van der Waals surface area contributed by atoms with Crippen molar-refractivity contribution < 1.29 is 14.3 Å². The molecule has 4 heteroatoms. The van der Waals surface area contributed by atoms with Crippen LogP contribution in [-0.4, -0.2) is 18.5 Å². The Hall–Kier alpha value is -3.40. The van der Waals surface area contributed by atoms with Crippen LogP contribution in [0.4, 0.5) is 5.69 Å². The van der Waals surface area contributed by atoms with E-state index in [1.807, 2.05) is 91.9 Å². The first-order chi connectivity index (χ1) is 13.6. The van der Waals surface area contributed by atoms with Crippen LogP contribution in [0, 0.1) is 0 Å². The molecule has 4 nitrogen and oxygen atoms in total. The van der Waals surface area contributed by atoms with Crippen molar-refractivity contribution in [2.75, 3.05) is 11.9 Å². The monoisotopic (exact) mass is 373 g/mol. The minimum atomic E-state index is -0.386. The van der Waals surface area contributed by atoms with Crippen LogP contribution < -0.4 is 5.32 Å². The van der Waals surface area contributed by atoms with Gasteiger partial charge in [-0.15, -0.1) is 0 Å². The summed E-state index contributed by atoms with van der Waals surface area (Å²) in [6, 6.07) is 27.1. The molecule has 28 heavy (non-hydrogen) atoms. The third-order valence-electron chi connectivity index (χ3n) is 4.49. The van der Waals surface area contributed by atoms with Gasteiger partial charge >= 0.3 is 5.97 Å². The Kier molecular flexibility index (Phi) is 6.58. The highest BCUT2D eigenvalue weighted by atomic mass is 16.5. The number of carbonyl (C=O) groups excluding carboxylic acids is 2. The van der Waals surface area contributed by atoms with Crippen molar-refractivity contribution in [1.29, 1.82) is 0 Å². The molecule has 0 bridgehead atoms. The number of ether oxygens (including phenoxy) is 1. The molecular formula is C24H23NO3. The van der Waals surface area contributed by atoms with Gasteiger partial charge in [0, 0.05) is 11.3 Å². The third kappa shape index (κ3) is 5.30. The van der Waals surface area contributed by atoms with Gasteiger partial charge in [-0.05, 0) is 23.1 Å². The van der Waals surface area contributed by atoms with Crippen LogP contribution in [0.5, 0.6) is 0 Å². The quantitative estimate of drug-likeness (QED) is 0.591. The van der Waals surface area contributed by atoms with Gasteiger partial charge in [-0.25, -0.2) is 0 Å². The van der Waals surface area contributed by atoms with Gasteiger partial charge in [-0.2, -0.15) is 0 Å². The van der Waals surface area contributed by atoms with E-state index in [4.69, 9.17) is 4.74 Å². The minimum Gasteiger partial charge on any atom is -0.456 e. The summed E-state index contributed by atoms with van der Waals surface area (Å²) in [5.41, 5.74) is 3.68. The lowest BCUT2D eigenvalue weighted by Crippen LogP contribution is -2.21. The Bertz CT molecular complexity index is 923. The predicted octanol–water partition coefficient (Wildman–Crippen LogP) is 5.03. The number of rotatable bonds is 7. The molecule has 142 valence electrons. The molecule has 0 aliphatic carbocycles. The van der Waals surface area contributed by atoms with E-state index < -0.39 is 0 Å². The average Bonchev–Trinajstić information content (AvgIpc) is 2.74. The molecule has 3 aromatic rings. The number of nitrogens with one attached hydrogen (secondary N) is 1. The Morgan fingerprint density at radius 1 is 0.857 bits per heavy atom. The van der Waals surface area contributed by atoms with Crippen molar-refractivity contribution >= 4 is 17.6 Å². The molecule has 0 fully saturated rings. The third-order valence-corrected chi connectivity index (χ3v) is 4.49. The smallest absolute Gasteiger partial charge is 0.306 e. The second-order valence-corrected chi connectivity index (χ2v) is 6.64. The highest BCUT2D eigenvalue weighted by Gasteiger charge is 2.14. The summed E-state index contributed by atoms with van der Waals surface area (Å²) in [6.07, 6.45) is 0.234. The zero-order chi connectivity index (χ0) is 19.8. The van der Waals surface area contributed by atoms with Crippen molar-refractivity contribution in [3.8, 4) is 11.1 Å². The molecule has 0 radical (unpaired) electrons. The van der Waals surface area contributed by atoms with E-state index in [1.54, 1.807) is 0 Å². The molecule has 0 aliphatic heterocycles.